The summed E-state index contributed by atoms with van der Waals surface area (Å²) in [5, 5.41) is 2.56. The van der Waals surface area contributed by atoms with Crippen molar-refractivity contribution in [3.63, 3.8) is 0 Å². The van der Waals surface area contributed by atoms with Crippen molar-refractivity contribution in [3.05, 3.63) is 39.6 Å². The van der Waals surface area contributed by atoms with Crippen molar-refractivity contribution >= 4 is 44.9 Å². The average Bonchev–Trinajstić information content (AvgIpc) is 2.42. The third kappa shape index (κ3) is 3.55. The van der Waals surface area contributed by atoms with Gasteiger partial charge in [0.1, 0.15) is 16.6 Å². The highest BCUT2D eigenvalue weighted by Gasteiger charge is 2.34. The minimum atomic E-state index is -4.55. The van der Waals surface area contributed by atoms with Gasteiger partial charge in [-0.25, -0.2) is 15.8 Å². The zero-order chi connectivity index (χ0) is 15.6. The quantitative estimate of drug-likeness (QED) is 0.554. The monoisotopic (exact) mass is 381 g/mol. The van der Waals surface area contributed by atoms with Gasteiger partial charge >= 0.3 is 6.18 Å². The van der Waals surface area contributed by atoms with E-state index in [0.29, 0.717) is 4.47 Å². The fourth-order valence-corrected chi connectivity index (χ4v) is 2.14. The van der Waals surface area contributed by atoms with E-state index in [0.717, 1.165) is 12.4 Å². The van der Waals surface area contributed by atoms with Gasteiger partial charge in [-0.3, -0.25) is 0 Å². The smallest absolute Gasteiger partial charge is 0.339 e. The predicted octanol–water partition coefficient (Wildman–Crippen LogP) is 3.94. The number of hydrogen-bond acceptors (Lipinski definition) is 5. The maximum atomic E-state index is 13.0. The van der Waals surface area contributed by atoms with E-state index in [1.54, 1.807) is 0 Å². The first-order chi connectivity index (χ1) is 9.82. The molecule has 0 aliphatic carbocycles. The first kappa shape index (κ1) is 15.8. The van der Waals surface area contributed by atoms with Crippen molar-refractivity contribution in [1.29, 1.82) is 0 Å². The number of anilines is 3. The second kappa shape index (κ2) is 6.04. The summed E-state index contributed by atoms with van der Waals surface area (Å²) in [6.45, 7) is 0. The highest BCUT2D eigenvalue weighted by Crippen LogP contribution is 2.38. The lowest BCUT2D eigenvalue weighted by atomic mass is 10.1. The van der Waals surface area contributed by atoms with E-state index in [4.69, 9.17) is 17.4 Å². The lowest BCUT2D eigenvalue weighted by molar-refractivity contribution is -0.136. The van der Waals surface area contributed by atoms with Crippen molar-refractivity contribution in [3.8, 4) is 0 Å². The van der Waals surface area contributed by atoms with Crippen LogP contribution in [0.15, 0.2) is 29.0 Å². The summed E-state index contributed by atoms with van der Waals surface area (Å²) in [6, 6.07) is 3.40. The molecule has 0 amide bonds. The average molecular weight is 383 g/mol. The van der Waals surface area contributed by atoms with Crippen LogP contribution < -0.4 is 16.6 Å². The molecule has 0 aliphatic rings. The molecule has 0 radical (unpaired) electrons. The van der Waals surface area contributed by atoms with Crippen molar-refractivity contribution in [2.24, 2.45) is 5.84 Å². The molecular formula is C11H8BrClF3N5. The van der Waals surface area contributed by atoms with E-state index < -0.39 is 11.7 Å². The van der Waals surface area contributed by atoms with Crippen molar-refractivity contribution in [1.82, 2.24) is 9.97 Å². The highest BCUT2D eigenvalue weighted by molar-refractivity contribution is 9.10. The lowest BCUT2D eigenvalue weighted by Crippen LogP contribution is -2.12. The molecule has 1 heterocycles. The molecule has 2 rings (SSSR count). The van der Waals surface area contributed by atoms with Gasteiger partial charge in [0.25, 0.3) is 0 Å². The number of nitrogen functional groups attached to an aromatic ring is 1. The summed E-state index contributed by atoms with van der Waals surface area (Å²) in [4.78, 5) is 7.67. The molecule has 112 valence electrons. The Labute approximate surface area is 130 Å². The number of hydrogen-bond donors (Lipinski definition) is 3. The van der Waals surface area contributed by atoms with Crippen LogP contribution in [0.2, 0.25) is 5.02 Å². The van der Waals surface area contributed by atoms with Gasteiger partial charge in [0.2, 0.25) is 0 Å². The Balaban J connectivity index is 2.45. The van der Waals surface area contributed by atoms with Crippen LogP contribution in [0.4, 0.5) is 30.5 Å². The summed E-state index contributed by atoms with van der Waals surface area (Å²) in [5.41, 5.74) is 1.21. The Bertz CT molecular complexity index is 665. The standard InChI is InChI=1S/C11H8BrClF3N5/c12-8-9(18-4-19-10(8)21-17)20-7-2-1-5(13)3-6(7)11(14,15)16/h1-4H,17H2,(H2,18,19,20,21). The topological polar surface area (TPSA) is 75.9 Å². The third-order valence-corrected chi connectivity index (χ3v) is 3.45. The fraction of sp³-hybridized carbons (Fsp3) is 0.0909. The number of nitrogens with one attached hydrogen (secondary N) is 2. The largest absolute Gasteiger partial charge is 0.418 e. The summed E-state index contributed by atoms with van der Waals surface area (Å²) in [6.07, 6.45) is -3.40. The molecule has 0 bridgehead atoms. The molecule has 1 aromatic carbocycles. The highest BCUT2D eigenvalue weighted by atomic mass is 79.9. The maximum absolute atomic E-state index is 13.0. The van der Waals surface area contributed by atoms with Gasteiger partial charge < -0.3 is 10.7 Å². The van der Waals surface area contributed by atoms with Gasteiger partial charge in [-0.05, 0) is 34.1 Å². The first-order valence-corrected chi connectivity index (χ1v) is 6.61. The second-order valence-corrected chi connectivity index (χ2v) is 5.07. The molecule has 0 unspecified atom stereocenters. The Kier molecular flexibility index (Phi) is 4.55. The SMILES string of the molecule is NNc1ncnc(Nc2ccc(Cl)cc2C(F)(F)F)c1Br. The molecule has 5 nitrogen and oxygen atoms in total. The molecule has 0 fully saturated rings. The van der Waals surface area contributed by atoms with Gasteiger partial charge in [-0.2, -0.15) is 13.2 Å². The van der Waals surface area contributed by atoms with E-state index >= 15 is 0 Å². The molecule has 21 heavy (non-hydrogen) atoms. The molecule has 1 aromatic heterocycles. The van der Waals surface area contributed by atoms with Gasteiger partial charge in [0, 0.05) is 5.02 Å². The van der Waals surface area contributed by atoms with Crippen molar-refractivity contribution in [2.45, 2.75) is 6.18 Å². The fourth-order valence-electron chi connectivity index (χ4n) is 1.55. The van der Waals surface area contributed by atoms with Gasteiger partial charge in [-0.15, -0.1) is 0 Å². The molecule has 0 aliphatic heterocycles. The second-order valence-electron chi connectivity index (χ2n) is 3.84. The molecular weight excluding hydrogens is 375 g/mol. The van der Waals surface area contributed by atoms with Crippen LogP contribution in [0.25, 0.3) is 0 Å². The zero-order valence-corrected chi connectivity index (χ0v) is 12.5. The van der Waals surface area contributed by atoms with Crippen LogP contribution in [-0.2, 0) is 6.18 Å². The van der Waals surface area contributed by atoms with Gasteiger partial charge in [0.15, 0.2) is 5.82 Å². The third-order valence-electron chi connectivity index (χ3n) is 2.47. The van der Waals surface area contributed by atoms with E-state index in [2.05, 4.69) is 36.6 Å². The number of nitrogens with two attached hydrogens (primary N) is 1. The summed E-state index contributed by atoms with van der Waals surface area (Å²) < 4.78 is 39.3. The number of rotatable bonds is 3. The number of nitrogens with zero attached hydrogens (tertiary/aromatic N) is 2. The number of halogens is 5. The zero-order valence-electron chi connectivity index (χ0n) is 10.2. The molecule has 0 atom stereocenters. The first-order valence-electron chi connectivity index (χ1n) is 5.44. The molecule has 0 spiro atoms. The van der Waals surface area contributed by atoms with Crippen molar-refractivity contribution in [2.75, 3.05) is 10.7 Å². The number of hydrazine groups is 1. The number of alkyl halides is 3. The molecule has 0 saturated heterocycles. The van der Waals surface area contributed by atoms with Crippen LogP contribution >= 0.6 is 27.5 Å². The van der Waals surface area contributed by atoms with Gasteiger partial charge in [-0.1, -0.05) is 11.6 Å². The lowest BCUT2D eigenvalue weighted by Gasteiger charge is -2.15. The number of aromatic nitrogens is 2. The summed E-state index contributed by atoms with van der Waals surface area (Å²) in [5.74, 6) is 5.60. The Hall–Kier alpha value is -1.58. The Morgan fingerprint density at radius 3 is 2.48 bits per heavy atom. The van der Waals surface area contributed by atoms with Crippen LogP contribution in [0.3, 0.4) is 0 Å². The van der Waals surface area contributed by atoms with Crippen LogP contribution in [-0.4, -0.2) is 9.97 Å². The summed E-state index contributed by atoms with van der Waals surface area (Å²) in [7, 11) is 0. The number of benzene rings is 1. The predicted molar refractivity (Wildman–Crippen MR) is 77.3 cm³/mol. The normalized spacial score (nSPS) is 11.3. The van der Waals surface area contributed by atoms with Crippen LogP contribution in [0.1, 0.15) is 5.56 Å². The van der Waals surface area contributed by atoms with Crippen LogP contribution in [0, 0.1) is 0 Å². The minimum Gasteiger partial charge on any atom is -0.339 e. The van der Waals surface area contributed by atoms with E-state index in [-0.39, 0.29) is 22.3 Å². The van der Waals surface area contributed by atoms with Crippen LogP contribution in [0.5, 0.6) is 0 Å². The molecule has 4 N–H and O–H groups in total. The Morgan fingerprint density at radius 2 is 1.86 bits per heavy atom. The Morgan fingerprint density at radius 1 is 1.19 bits per heavy atom. The molecule has 10 heteroatoms. The van der Waals surface area contributed by atoms with E-state index in [9.17, 15) is 13.2 Å². The van der Waals surface area contributed by atoms with E-state index in [1.165, 1.54) is 12.1 Å². The minimum absolute atomic E-state index is 0.0149. The molecule has 2 aromatic rings. The van der Waals surface area contributed by atoms with Crippen molar-refractivity contribution < 1.29 is 13.2 Å². The van der Waals surface area contributed by atoms with Gasteiger partial charge in [0.05, 0.1) is 11.3 Å². The van der Waals surface area contributed by atoms with E-state index in [1.807, 2.05) is 0 Å². The summed E-state index contributed by atoms with van der Waals surface area (Å²) >= 11 is 8.77. The maximum Gasteiger partial charge on any atom is 0.418 e. The molecule has 0 saturated carbocycles.